The monoisotopic (exact) mass is 260 g/mol. The average molecular weight is 260 g/mol. The fraction of sp³-hybridized carbons (Fsp3) is 0.231. The lowest BCUT2D eigenvalue weighted by Crippen LogP contribution is -2.30. The first-order valence-corrected chi connectivity index (χ1v) is 5.74. The fourth-order valence-corrected chi connectivity index (χ4v) is 1.84. The second kappa shape index (κ2) is 5.01. The number of carbonyl (C=O) groups excluding carboxylic acids is 2. The van der Waals surface area contributed by atoms with E-state index in [-0.39, 0.29) is 30.0 Å². The molecule has 2 amide bonds. The van der Waals surface area contributed by atoms with Crippen molar-refractivity contribution in [3.8, 4) is 0 Å². The molecule has 98 valence electrons. The summed E-state index contributed by atoms with van der Waals surface area (Å²) < 4.78 is 0. The van der Waals surface area contributed by atoms with Crippen LogP contribution in [0.3, 0.4) is 0 Å². The van der Waals surface area contributed by atoms with Crippen LogP contribution < -0.4 is 4.90 Å². The molecule has 6 heteroatoms. The molecular formula is C13H12N2O4. The molecule has 0 aromatic carbocycles. The van der Waals surface area contributed by atoms with E-state index in [0.717, 1.165) is 11.0 Å². The zero-order valence-corrected chi connectivity index (χ0v) is 10.2. The van der Waals surface area contributed by atoms with Gasteiger partial charge >= 0.3 is 5.97 Å². The minimum absolute atomic E-state index is 0.176. The number of nitrogens with zero attached hydrogens (tertiary/aromatic N) is 2. The van der Waals surface area contributed by atoms with Gasteiger partial charge in [0.15, 0.2) is 0 Å². The maximum atomic E-state index is 11.8. The summed E-state index contributed by atoms with van der Waals surface area (Å²) in [4.78, 5) is 39.1. The number of imide groups is 1. The van der Waals surface area contributed by atoms with E-state index < -0.39 is 5.97 Å². The topological polar surface area (TPSA) is 87.6 Å². The second-order valence-corrected chi connectivity index (χ2v) is 4.26. The fourth-order valence-electron chi connectivity index (χ4n) is 1.84. The summed E-state index contributed by atoms with van der Waals surface area (Å²) in [6.45, 7) is 1.69. The quantitative estimate of drug-likeness (QED) is 0.649. The Morgan fingerprint density at radius 1 is 1.47 bits per heavy atom. The summed E-state index contributed by atoms with van der Waals surface area (Å²) >= 11 is 0. The molecule has 1 atom stereocenters. The average Bonchev–Trinajstić information content (AvgIpc) is 2.61. The zero-order valence-electron chi connectivity index (χ0n) is 10.2. The van der Waals surface area contributed by atoms with Crippen molar-refractivity contribution in [3.05, 3.63) is 30.0 Å². The number of hydrogen-bond acceptors (Lipinski definition) is 4. The van der Waals surface area contributed by atoms with E-state index in [0.29, 0.717) is 5.69 Å². The van der Waals surface area contributed by atoms with E-state index in [1.54, 1.807) is 25.1 Å². The molecule has 0 bridgehead atoms. The van der Waals surface area contributed by atoms with Crippen molar-refractivity contribution in [1.82, 2.24) is 4.98 Å². The van der Waals surface area contributed by atoms with Crippen molar-refractivity contribution >= 4 is 29.7 Å². The van der Waals surface area contributed by atoms with Gasteiger partial charge in [0.2, 0.25) is 11.8 Å². The summed E-state index contributed by atoms with van der Waals surface area (Å²) in [6.07, 6.45) is 2.43. The van der Waals surface area contributed by atoms with E-state index in [4.69, 9.17) is 5.11 Å². The normalized spacial score (nSPS) is 19.4. The molecule has 2 rings (SSSR count). The third-order valence-corrected chi connectivity index (χ3v) is 2.75. The van der Waals surface area contributed by atoms with Crippen LogP contribution in [-0.2, 0) is 14.4 Å². The van der Waals surface area contributed by atoms with Gasteiger partial charge in [-0.3, -0.25) is 9.59 Å². The van der Waals surface area contributed by atoms with Gasteiger partial charge in [-0.15, -0.1) is 0 Å². The van der Waals surface area contributed by atoms with Crippen molar-refractivity contribution in [2.24, 2.45) is 5.92 Å². The molecule has 1 N–H and O–H groups in total. The zero-order chi connectivity index (χ0) is 14.0. The molecule has 1 saturated heterocycles. The van der Waals surface area contributed by atoms with Gasteiger partial charge in [0, 0.05) is 18.4 Å². The number of aliphatic carboxylic acids is 1. The van der Waals surface area contributed by atoms with Crippen molar-refractivity contribution < 1.29 is 19.5 Å². The van der Waals surface area contributed by atoms with Crippen molar-refractivity contribution in [1.29, 1.82) is 0 Å². The minimum Gasteiger partial charge on any atom is -0.478 e. The van der Waals surface area contributed by atoms with Crippen LogP contribution in [0.5, 0.6) is 0 Å². The molecule has 1 fully saturated rings. The van der Waals surface area contributed by atoms with Gasteiger partial charge < -0.3 is 5.11 Å². The lowest BCUT2D eigenvalue weighted by Gasteiger charge is -2.13. The molecule has 19 heavy (non-hydrogen) atoms. The predicted octanol–water partition coefficient (Wildman–Crippen LogP) is 1.08. The molecule has 1 aliphatic heterocycles. The van der Waals surface area contributed by atoms with Crippen molar-refractivity contribution in [2.75, 3.05) is 4.90 Å². The van der Waals surface area contributed by atoms with Crippen LogP contribution in [0.4, 0.5) is 5.82 Å². The lowest BCUT2D eigenvalue weighted by atomic mass is 10.1. The van der Waals surface area contributed by atoms with Gasteiger partial charge in [-0.05, 0) is 18.2 Å². The highest BCUT2D eigenvalue weighted by molar-refractivity contribution is 6.20. The summed E-state index contributed by atoms with van der Waals surface area (Å²) in [5, 5.41) is 8.54. The number of aromatic nitrogens is 1. The molecule has 0 spiro atoms. The maximum absolute atomic E-state index is 11.8. The highest BCUT2D eigenvalue weighted by Crippen LogP contribution is 2.24. The number of carbonyl (C=O) groups is 3. The standard InChI is InChI=1S/C13H12N2O4/c1-8-7-11(16)15(13(8)19)10-4-2-3-9(14-10)5-6-12(17)18/h2-6,8H,7H2,1H3,(H,17,18). The molecular weight excluding hydrogens is 248 g/mol. The Bertz CT molecular complexity index is 580. The van der Waals surface area contributed by atoms with Crippen LogP contribution in [0.15, 0.2) is 24.3 Å². The van der Waals surface area contributed by atoms with Gasteiger partial charge in [-0.25, -0.2) is 14.7 Å². The molecule has 0 aliphatic carbocycles. The molecule has 6 nitrogen and oxygen atoms in total. The minimum atomic E-state index is -1.09. The van der Waals surface area contributed by atoms with Gasteiger partial charge in [0.1, 0.15) is 5.82 Å². The van der Waals surface area contributed by atoms with Gasteiger partial charge in [-0.2, -0.15) is 0 Å². The number of carboxylic acid groups (broad SMARTS) is 1. The summed E-state index contributed by atoms with van der Waals surface area (Å²) in [7, 11) is 0. The van der Waals surface area contributed by atoms with Crippen LogP contribution >= 0.6 is 0 Å². The van der Waals surface area contributed by atoms with Crippen molar-refractivity contribution in [2.45, 2.75) is 13.3 Å². The Balaban J connectivity index is 2.31. The summed E-state index contributed by atoms with van der Waals surface area (Å²) in [6, 6.07) is 4.76. The van der Waals surface area contributed by atoms with E-state index in [1.165, 1.54) is 6.08 Å². The molecule has 0 radical (unpaired) electrons. The highest BCUT2D eigenvalue weighted by Gasteiger charge is 2.37. The van der Waals surface area contributed by atoms with E-state index in [9.17, 15) is 14.4 Å². The van der Waals surface area contributed by atoms with Crippen LogP contribution in [0.1, 0.15) is 19.0 Å². The van der Waals surface area contributed by atoms with Gasteiger partial charge in [0.05, 0.1) is 5.69 Å². The van der Waals surface area contributed by atoms with Crippen LogP contribution in [0.2, 0.25) is 0 Å². The number of amides is 2. The van der Waals surface area contributed by atoms with E-state index in [1.807, 2.05) is 0 Å². The Hall–Kier alpha value is -2.50. The second-order valence-electron chi connectivity index (χ2n) is 4.26. The number of anilines is 1. The first-order valence-electron chi connectivity index (χ1n) is 5.74. The maximum Gasteiger partial charge on any atom is 0.328 e. The van der Waals surface area contributed by atoms with Gasteiger partial charge in [-0.1, -0.05) is 13.0 Å². The first kappa shape index (κ1) is 12.9. The number of rotatable bonds is 3. The molecule has 2 heterocycles. The SMILES string of the molecule is CC1CC(=O)N(c2cccc(C=CC(=O)O)n2)C1=O. The van der Waals surface area contributed by atoms with Crippen molar-refractivity contribution in [3.63, 3.8) is 0 Å². The van der Waals surface area contributed by atoms with Crippen LogP contribution in [0, 0.1) is 5.92 Å². The van der Waals surface area contributed by atoms with Crippen LogP contribution in [-0.4, -0.2) is 27.9 Å². The van der Waals surface area contributed by atoms with E-state index in [2.05, 4.69) is 4.98 Å². The highest BCUT2D eigenvalue weighted by atomic mass is 16.4. The Morgan fingerprint density at radius 2 is 2.21 bits per heavy atom. The predicted molar refractivity (Wildman–Crippen MR) is 67.2 cm³/mol. The van der Waals surface area contributed by atoms with Gasteiger partial charge in [0.25, 0.3) is 0 Å². The number of pyridine rings is 1. The molecule has 1 unspecified atom stereocenters. The first-order chi connectivity index (χ1) is 8.99. The molecule has 0 saturated carbocycles. The molecule has 1 aliphatic rings. The molecule has 1 aromatic rings. The third kappa shape index (κ3) is 2.67. The lowest BCUT2D eigenvalue weighted by molar-refractivity contribution is -0.131. The Kier molecular flexibility index (Phi) is 3.41. The third-order valence-electron chi connectivity index (χ3n) is 2.75. The number of hydrogen-bond donors (Lipinski definition) is 1. The largest absolute Gasteiger partial charge is 0.478 e. The Morgan fingerprint density at radius 3 is 2.79 bits per heavy atom. The number of carboxylic acids is 1. The summed E-state index contributed by atoms with van der Waals surface area (Å²) in [5.41, 5.74) is 0.375. The Labute approximate surface area is 109 Å². The smallest absolute Gasteiger partial charge is 0.328 e. The van der Waals surface area contributed by atoms with E-state index >= 15 is 0 Å². The molecule has 1 aromatic heterocycles. The van der Waals surface area contributed by atoms with Crippen LogP contribution in [0.25, 0.3) is 6.08 Å². The summed E-state index contributed by atoms with van der Waals surface area (Å²) in [5.74, 6) is -1.77.